The zero-order chi connectivity index (χ0) is 18.2. The Morgan fingerprint density at radius 2 is 2.12 bits per heavy atom. The summed E-state index contributed by atoms with van der Waals surface area (Å²) >= 11 is 0. The van der Waals surface area contributed by atoms with Crippen LogP contribution in [0.1, 0.15) is 51.3 Å². The maximum atomic E-state index is 13.0. The van der Waals surface area contributed by atoms with Gasteiger partial charge in [-0.1, -0.05) is 13.8 Å². The van der Waals surface area contributed by atoms with E-state index in [0.29, 0.717) is 18.9 Å². The van der Waals surface area contributed by atoms with Crippen LogP contribution >= 0.6 is 0 Å². The summed E-state index contributed by atoms with van der Waals surface area (Å²) in [5.74, 6) is -2.60. The molecule has 1 aliphatic carbocycles. The lowest BCUT2D eigenvalue weighted by Crippen LogP contribution is -2.54. The van der Waals surface area contributed by atoms with Gasteiger partial charge in [0.25, 0.3) is 5.92 Å². The van der Waals surface area contributed by atoms with Crippen molar-refractivity contribution in [2.75, 3.05) is 6.54 Å². The van der Waals surface area contributed by atoms with E-state index in [0.717, 1.165) is 12.1 Å². The second-order valence-corrected chi connectivity index (χ2v) is 7.46. The van der Waals surface area contributed by atoms with Crippen molar-refractivity contribution in [3.8, 4) is 0 Å². The first-order valence-electron chi connectivity index (χ1n) is 8.73. The normalized spacial score (nSPS) is 22.4. The highest BCUT2D eigenvalue weighted by molar-refractivity contribution is 5.83. The summed E-state index contributed by atoms with van der Waals surface area (Å²) < 4.78 is 27.5. The molecule has 138 valence electrons. The van der Waals surface area contributed by atoms with Crippen molar-refractivity contribution in [3.05, 3.63) is 18.0 Å². The van der Waals surface area contributed by atoms with Crippen LogP contribution in [0.15, 0.2) is 12.3 Å². The van der Waals surface area contributed by atoms with Crippen LogP contribution in [0.2, 0.25) is 0 Å². The van der Waals surface area contributed by atoms with Crippen molar-refractivity contribution < 1.29 is 18.4 Å². The van der Waals surface area contributed by atoms with Gasteiger partial charge >= 0.3 is 0 Å². The fourth-order valence-electron chi connectivity index (χ4n) is 3.31. The van der Waals surface area contributed by atoms with Gasteiger partial charge in [-0.05, 0) is 18.4 Å². The molecule has 0 bridgehead atoms. The van der Waals surface area contributed by atoms with Crippen molar-refractivity contribution >= 4 is 11.8 Å². The molecule has 6 nitrogen and oxygen atoms in total. The SMILES string of the molecule is CC(C)CCC(=O)N1Cc2ccnn2C(C(=O)NC2CC(F)(F)C2)C1. The van der Waals surface area contributed by atoms with E-state index in [4.69, 9.17) is 0 Å². The number of nitrogens with one attached hydrogen (secondary N) is 1. The first-order chi connectivity index (χ1) is 11.7. The molecule has 1 fully saturated rings. The summed E-state index contributed by atoms with van der Waals surface area (Å²) in [7, 11) is 0. The number of carbonyl (C=O) groups excluding carboxylic acids is 2. The molecule has 0 saturated heterocycles. The molecule has 0 radical (unpaired) electrons. The number of fused-ring (bicyclic) bond motifs is 1. The predicted octanol–water partition coefficient (Wildman–Crippen LogP) is 2.12. The summed E-state index contributed by atoms with van der Waals surface area (Å²) in [6.45, 7) is 4.76. The van der Waals surface area contributed by atoms with Gasteiger partial charge in [0.05, 0.1) is 18.8 Å². The Balaban J connectivity index is 1.66. The lowest BCUT2D eigenvalue weighted by atomic mass is 9.88. The average Bonchev–Trinajstić information content (AvgIpc) is 2.97. The number of carbonyl (C=O) groups is 2. The fraction of sp³-hybridized carbons (Fsp3) is 0.706. The highest BCUT2D eigenvalue weighted by atomic mass is 19.3. The van der Waals surface area contributed by atoms with E-state index in [2.05, 4.69) is 24.3 Å². The van der Waals surface area contributed by atoms with Gasteiger partial charge in [0.2, 0.25) is 11.8 Å². The smallest absolute Gasteiger partial charge is 0.252 e. The number of alkyl halides is 2. The highest BCUT2D eigenvalue weighted by Gasteiger charge is 2.47. The van der Waals surface area contributed by atoms with Gasteiger partial charge < -0.3 is 10.2 Å². The van der Waals surface area contributed by atoms with E-state index in [1.165, 1.54) is 0 Å². The largest absolute Gasteiger partial charge is 0.351 e. The molecule has 1 N–H and O–H groups in total. The minimum absolute atomic E-state index is 0.00845. The zero-order valence-electron chi connectivity index (χ0n) is 14.5. The van der Waals surface area contributed by atoms with Crippen molar-refractivity contribution in [2.45, 2.75) is 64.1 Å². The Hall–Kier alpha value is -1.99. The molecule has 0 aromatic carbocycles. The molecule has 0 spiro atoms. The Kier molecular flexibility index (Phi) is 4.79. The average molecular weight is 354 g/mol. The second kappa shape index (κ2) is 6.72. The fourth-order valence-corrected chi connectivity index (χ4v) is 3.31. The van der Waals surface area contributed by atoms with E-state index in [1.54, 1.807) is 21.8 Å². The van der Waals surface area contributed by atoms with Gasteiger partial charge in [0.1, 0.15) is 6.04 Å². The van der Waals surface area contributed by atoms with Crippen molar-refractivity contribution in [2.24, 2.45) is 5.92 Å². The minimum Gasteiger partial charge on any atom is -0.351 e. The second-order valence-electron chi connectivity index (χ2n) is 7.46. The number of hydrogen-bond donors (Lipinski definition) is 1. The molecule has 1 aromatic heterocycles. The third-order valence-corrected chi connectivity index (χ3v) is 4.82. The number of aromatic nitrogens is 2. The monoisotopic (exact) mass is 354 g/mol. The van der Waals surface area contributed by atoms with Crippen LogP contribution in [-0.2, 0) is 16.1 Å². The Morgan fingerprint density at radius 1 is 1.40 bits per heavy atom. The Bertz CT molecular complexity index is 651. The van der Waals surface area contributed by atoms with Gasteiger partial charge in [0, 0.05) is 31.5 Å². The molecule has 1 aliphatic heterocycles. The van der Waals surface area contributed by atoms with E-state index >= 15 is 0 Å². The standard InChI is InChI=1S/C17H24F2N4O2/c1-11(2)3-4-15(24)22-9-13-5-6-20-23(13)14(10-22)16(25)21-12-7-17(18,19)8-12/h5-6,11-12,14H,3-4,7-10H2,1-2H3,(H,21,25). The maximum absolute atomic E-state index is 13.0. The third kappa shape index (κ3) is 3.99. The van der Waals surface area contributed by atoms with E-state index in [9.17, 15) is 18.4 Å². The lowest BCUT2D eigenvalue weighted by Gasteiger charge is -2.38. The topological polar surface area (TPSA) is 67.2 Å². The number of rotatable bonds is 5. The molecule has 8 heteroatoms. The molecule has 3 rings (SSSR count). The summed E-state index contributed by atoms with van der Waals surface area (Å²) in [5, 5.41) is 6.84. The summed E-state index contributed by atoms with van der Waals surface area (Å²) in [6, 6.07) is 0.601. The summed E-state index contributed by atoms with van der Waals surface area (Å²) in [4.78, 5) is 26.7. The number of hydrogen-bond acceptors (Lipinski definition) is 3. The van der Waals surface area contributed by atoms with Crippen LogP contribution in [0.25, 0.3) is 0 Å². The molecular weight excluding hydrogens is 330 g/mol. The zero-order valence-corrected chi connectivity index (χ0v) is 14.5. The summed E-state index contributed by atoms with van der Waals surface area (Å²) in [6.07, 6.45) is 2.18. The first kappa shape index (κ1) is 17.8. The number of amides is 2. The van der Waals surface area contributed by atoms with Gasteiger partial charge in [-0.2, -0.15) is 5.10 Å². The van der Waals surface area contributed by atoms with Gasteiger partial charge in [-0.3, -0.25) is 14.3 Å². The van der Waals surface area contributed by atoms with Crippen molar-refractivity contribution in [1.82, 2.24) is 20.0 Å². The van der Waals surface area contributed by atoms with E-state index in [-0.39, 0.29) is 31.2 Å². The van der Waals surface area contributed by atoms with E-state index < -0.39 is 18.0 Å². The van der Waals surface area contributed by atoms with Gasteiger partial charge in [0.15, 0.2) is 0 Å². The van der Waals surface area contributed by atoms with Crippen LogP contribution < -0.4 is 5.32 Å². The van der Waals surface area contributed by atoms with Gasteiger partial charge in [-0.25, -0.2) is 8.78 Å². The van der Waals surface area contributed by atoms with Crippen LogP contribution in [0, 0.1) is 5.92 Å². The summed E-state index contributed by atoms with van der Waals surface area (Å²) in [5.41, 5.74) is 0.781. The molecular formula is C17H24F2N4O2. The minimum atomic E-state index is -2.68. The molecule has 2 heterocycles. The van der Waals surface area contributed by atoms with Gasteiger partial charge in [-0.15, -0.1) is 0 Å². The highest BCUT2D eigenvalue weighted by Crippen LogP contribution is 2.37. The van der Waals surface area contributed by atoms with Crippen molar-refractivity contribution in [1.29, 1.82) is 0 Å². The van der Waals surface area contributed by atoms with Crippen LogP contribution in [0.3, 0.4) is 0 Å². The molecule has 1 saturated carbocycles. The lowest BCUT2D eigenvalue weighted by molar-refractivity contribution is -0.138. The van der Waals surface area contributed by atoms with E-state index in [1.807, 2.05) is 0 Å². The Morgan fingerprint density at radius 3 is 2.76 bits per heavy atom. The quantitative estimate of drug-likeness (QED) is 0.881. The number of nitrogens with zero attached hydrogens (tertiary/aromatic N) is 3. The van der Waals surface area contributed by atoms with Crippen LogP contribution in [-0.4, -0.2) is 45.0 Å². The maximum Gasteiger partial charge on any atom is 0.252 e. The van der Waals surface area contributed by atoms with Crippen molar-refractivity contribution in [3.63, 3.8) is 0 Å². The molecule has 1 atom stereocenters. The molecule has 2 aliphatic rings. The first-order valence-corrected chi connectivity index (χ1v) is 8.73. The van der Waals surface area contributed by atoms with Crippen LogP contribution in [0.5, 0.6) is 0 Å². The predicted molar refractivity (Wildman–Crippen MR) is 86.9 cm³/mol. The molecule has 25 heavy (non-hydrogen) atoms. The molecule has 2 amide bonds. The molecule has 1 unspecified atom stereocenters. The molecule has 1 aromatic rings. The Labute approximate surface area is 145 Å². The third-order valence-electron chi connectivity index (χ3n) is 4.82. The number of halogens is 2. The van der Waals surface area contributed by atoms with Crippen LogP contribution in [0.4, 0.5) is 8.78 Å².